The Bertz CT molecular complexity index is 425. The second-order valence-corrected chi connectivity index (χ2v) is 3.60. The Balaban J connectivity index is 2.02. The van der Waals surface area contributed by atoms with Gasteiger partial charge in [0.1, 0.15) is 0 Å². The maximum absolute atomic E-state index is 12.6. The molecule has 1 aliphatic rings. The molecule has 0 saturated heterocycles. The predicted octanol–water partition coefficient (Wildman–Crippen LogP) is 1.24. The minimum absolute atomic E-state index is 0.00593. The van der Waals surface area contributed by atoms with Crippen molar-refractivity contribution in [3.8, 4) is 0 Å². The van der Waals surface area contributed by atoms with Crippen LogP contribution in [0.25, 0.3) is 0 Å². The lowest BCUT2D eigenvalue weighted by atomic mass is 10.3. The van der Waals surface area contributed by atoms with E-state index in [2.05, 4.69) is 15.3 Å². The zero-order valence-electron chi connectivity index (χ0n) is 8.15. The molecule has 1 atom stereocenters. The van der Waals surface area contributed by atoms with Crippen LogP contribution in [-0.4, -0.2) is 33.5 Å². The molecule has 0 bridgehead atoms. The average Bonchev–Trinajstić information content (AvgIpc) is 2.84. The molecule has 5 nitrogen and oxygen atoms in total. The molecular formula is C9H9F2N3O2. The van der Waals surface area contributed by atoms with Crippen LogP contribution in [0.1, 0.15) is 16.9 Å². The Morgan fingerprint density at radius 3 is 2.75 bits per heavy atom. The van der Waals surface area contributed by atoms with Crippen LogP contribution in [0, 0.1) is 5.92 Å². The van der Waals surface area contributed by atoms with Crippen LogP contribution in [0.4, 0.5) is 14.6 Å². The molecule has 0 radical (unpaired) electrons. The molecule has 0 aliphatic heterocycles. The second-order valence-electron chi connectivity index (χ2n) is 3.60. The first kappa shape index (κ1) is 10.7. The normalized spacial score (nSPS) is 21.5. The number of rotatable bonds is 4. The first-order valence-electron chi connectivity index (χ1n) is 4.66. The van der Waals surface area contributed by atoms with E-state index < -0.39 is 17.8 Å². The van der Waals surface area contributed by atoms with E-state index in [1.54, 1.807) is 0 Å². The molecule has 2 N–H and O–H groups in total. The molecule has 2 rings (SSSR count). The SMILES string of the molecule is O=C(O)c1nccnc1NCC1CC1(F)F. The van der Waals surface area contributed by atoms with Crippen LogP contribution in [-0.2, 0) is 0 Å². The number of aromatic nitrogens is 2. The van der Waals surface area contributed by atoms with Gasteiger partial charge in [-0.3, -0.25) is 0 Å². The molecule has 1 fully saturated rings. The van der Waals surface area contributed by atoms with Crippen molar-refractivity contribution < 1.29 is 18.7 Å². The largest absolute Gasteiger partial charge is 0.476 e. The van der Waals surface area contributed by atoms with Gasteiger partial charge in [0.15, 0.2) is 11.5 Å². The number of aromatic carboxylic acids is 1. The molecule has 7 heteroatoms. The zero-order chi connectivity index (χ0) is 11.8. The van der Waals surface area contributed by atoms with E-state index in [4.69, 9.17) is 5.11 Å². The van der Waals surface area contributed by atoms with Crippen molar-refractivity contribution in [3.05, 3.63) is 18.1 Å². The van der Waals surface area contributed by atoms with Crippen molar-refractivity contribution in [2.75, 3.05) is 11.9 Å². The molecule has 1 unspecified atom stereocenters. The number of hydrogen-bond donors (Lipinski definition) is 2. The number of alkyl halides is 2. The van der Waals surface area contributed by atoms with Gasteiger partial charge in [-0.05, 0) is 0 Å². The van der Waals surface area contributed by atoms with E-state index in [9.17, 15) is 13.6 Å². The summed E-state index contributed by atoms with van der Waals surface area (Å²) in [6, 6.07) is 0. The number of carboxylic acid groups (broad SMARTS) is 1. The van der Waals surface area contributed by atoms with Crippen LogP contribution in [0.15, 0.2) is 12.4 Å². The van der Waals surface area contributed by atoms with E-state index in [1.165, 1.54) is 12.4 Å². The number of hydrogen-bond acceptors (Lipinski definition) is 4. The summed E-state index contributed by atoms with van der Waals surface area (Å²) >= 11 is 0. The van der Waals surface area contributed by atoms with Crippen molar-refractivity contribution in [1.29, 1.82) is 0 Å². The van der Waals surface area contributed by atoms with Gasteiger partial charge in [0, 0.05) is 31.3 Å². The third-order valence-corrected chi connectivity index (χ3v) is 2.37. The zero-order valence-corrected chi connectivity index (χ0v) is 8.15. The Morgan fingerprint density at radius 2 is 2.19 bits per heavy atom. The standard InChI is InChI=1S/C9H9F2N3O2/c10-9(11)3-5(9)4-14-7-6(8(15)16)12-1-2-13-7/h1-2,5H,3-4H2,(H,13,14)(H,15,16). The molecule has 0 spiro atoms. The van der Waals surface area contributed by atoms with Crippen LogP contribution in [0.5, 0.6) is 0 Å². The molecule has 16 heavy (non-hydrogen) atoms. The first-order chi connectivity index (χ1) is 7.50. The molecule has 86 valence electrons. The van der Waals surface area contributed by atoms with Crippen LogP contribution in [0.2, 0.25) is 0 Å². The van der Waals surface area contributed by atoms with Gasteiger partial charge in [0.25, 0.3) is 5.92 Å². The molecule has 1 heterocycles. The summed E-state index contributed by atoms with van der Waals surface area (Å²) in [5.41, 5.74) is -0.258. The number of carboxylic acids is 1. The summed E-state index contributed by atoms with van der Waals surface area (Å²) in [5.74, 6) is -4.58. The third-order valence-electron chi connectivity index (χ3n) is 2.37. The topological polar surface area (TPSA) is 75.1 Å². The molecular weight excluding hydrogens is 220 g/mol. The van der Waals surface area contributed by atoms with E-state index in [-0.39, 0.29) is 24.5 Å². The molecule has 0 amide bonds. The highest BCUT2D eigenvalue weighted by Crippen LogP contribution is 2.48. The van der Waals surface area contributed by atoms with Crippen molar-refractivity contribution in [2.24, 2.45) is 5.92 Å². The maximum Gasteiger partial charge on any atom is 0.358 e. The lowest BCUT2D eigenvalue weighted by Gasteiger charge is -2.06. The summed E-state index contributed by atoms with van der Waals surface area (Å²) < 4.78 is 25.1. The smallest absolute Gasteiger partial charge is 0.358 e. The van der Waals surface area contributed by atoms with Crippen LogP contribution >= 0.6 is 0 Å². The first-order valence-corrected chi connectivity index (χ1v) is 4.66. The fourth-order valence-electron chi connectivity index (χ4n) is 1.33. The summed E-state index contributed by atoms with van der Waals surface area (Å²) in [4.78, 5) is 18.1. The van der Waals surface area contributed by atoms with E-state index in [1.807, 2.05) is 0 Å². The third kappa shape index (κ3) is 2.07. The van der Waals surface area contributed by atoms with Gasteiger partial charge in [-0.2, -0.15) is 0 Å². The van der Waals surface area contributed by atoms with Gasteiger partial charge >= 0.3 is 5.97 Å². The van der Waals surface area contributed by atoms with Gasteiger partial charge < -0.3 is 10.4 Å². The van der Waals surface area contributed by atoms with E-state index >= 15 is 0 Å². The predicted molar refractivity (Wildman–Crippen MR) is 50.5 cm³/mol. The highest BCUT2D eigenvalue weighted by molar-refractivity contribution is 5.90. The number of nitrogens with one attached hydrogen (secondary N) is 1. The average molecular weight is 229 g/mol. The Labute approximate surface area is 89.5 Å². The molecule has 1 aromatic rings. The fourth-order valence-corrected chi connectivity index (χ4v) is 1.33. The summed E-state index contributed by atoms with van der Waals surface area (Å²) in [6.45, 7) is 0.00593. The Morgan fingerprint density at radius 1 is 1.56 bits per heavy atom. The van der Waals surface area contributed by atoms with E-state index in [0.29, 0.717) is 0 Å². The van der Waals surface area contributed by atoms with E-state index in [0.717, 1.165) is 0 Å². The van der Waals surface area contributed by atoms with Crippen LogP contribution < -0.4 is 5.32 Å². The van der Waals surface area contributed by atoms with Crippen LogP contribution in [0.3, 0.4) is 0 Å². The highest BCUT2D eigenvalue weighted by atomic mass is 19.3. The number of carbonyl (C=O) groups is 1. The van der Waals surface area contributed by atoms with Gasteiger partial charge in [0.05, 0.1) is 0 Å². The quantitative estimate of drug-likeness (QED) is 0.812. The fraction of sp³-hybridized carbons (Fsp3) is 0.444. The maximum atomic E-state index is 12.6. The second kappa shape index (κ2) is 3.66. The van der Waals surface area contributed by atoms with Crippen molar-refractivity contribution in [3.63, 3.8) is 0 Å². The minimum Gasteiger partial charge on any atom is -0.476 e. The lowest BCUT2D eigenvalue weighted by molar-refractivity contribution is 0.0691. The minimum atomic E-state index is -2.63. The number of anilines is 1. The Kier molecular flexibility index (Phi) is 2.45. The molecule has 0 aromatic carbocycles. The van der Waals surface area contributed by atoms with Crippen molar-refractivity contribution in [1.82, 2.24) is 9.97 Å². The number of nitrogens with zero attached hydrogens (tertiary/aromatic N) is 2. The van der Waals surface area contributed by atoms with Gasteiger partial charge in [-0.25, -0.2) is 23.5 Å². The lowest BCUT2D eigenvalue weighted by Crippen LogP contribution is -2.14. The van der Waals surface area contributed by atoms with Gasteiger partial charge in [-0.1, -0.05) is 0 Å². The molecule has 1 saturated carbocycles. The number of halogens is 2. The Hall–Kier alpha value is -1.79. The van der Waals surface area contributed by atoms with Gasteiger partial charge in [0.2, 0.25) is 0 Å². The summed E-state index contributed by atoms with van der Waals surface area (Å²) in [6.07, 6.45) is 2.38. The molecule has 1 aromatic heterocycles. The summed E-state index contributed by atoms with van der Waals surface area (Å²) in [5, 5.41) is 11.3. The van der Waals surface area contributed by atoms with Crippen molar-refractivity contribution in [2.45, 2.75) is 12.3 Å². The van der Waals surface area contributed by atoms with Gasteiger partial charge in [-0.15, -0.1) is 0 Å². The van der Waals surface area contributed by atoms with Crippen molar-refractivity contribution >= 4 is 11.8 Å². The molecule has 1 aliphatic carbocycles. The monoisotopic (exact) mass is 229 g/mol. The highest BCUT2D eigenvalue weighted by Gasteiger charge is 2.56. The summed E-state index contributed by atoms with van der Waals surface area (Å²) in [7, 11) is 0.